The average molecular weight is 260 g/mol. The van der Waals surface area contributed by atoms with E-state index in [1.807, 2.05) is 13.8 Å². The highest BCUT2D eigenvalue weighted by Crippen LogP contribution is 2.42. The number of carbonyl (C=O) groups excluding carboxylic acids is 1. The molecule has 19 heavy (non-hydrogen) atoms. The van der Waals surface area contributed by atoms with Crippen LogP contribution in [0.2, 0.25) is 0 Å². The summed E-state index contributed by atoms with van der Waals surface area (Å²) >= 11 is 0. The number of ether oxygens (including phenoxy) is 2. The number of amides is 1. The largest absolute Gasteiger partial charge is 0.497 e. The van der Waals surface area contributed by atoms with Crippen LogP contribution in [0.25, 0.3) is 0 Å². The molecule has 1 unspecified atom stereocenters. The summed E-state index contributed by atoms with van der Waals surface area (Å²) in [5, 5.41) is 9.37. The summed E-state index contributed by atoms with van der Waals surface area (Å²) in [7, 11) is 3.05. The fourth-order valence-electron chi connectivity index (χ4n) is 2.40. The predicted octanol–water partition coefficient (Wildman–Crippen LogP) is 2.13. The van der Waals surface area contributed by atoms with Gasteiger partial charge in [-0.15, -0.1) is 0 Å². The fourth-order valence-corrected chi connectivity index (χ4v) is 2.40. The van der Waals surface area contributed by atoms with Gasteiger partial charge in [0.25, 0.3) is 5.91 Å². The van der Waals surface area contributed by atoms with Crippen molar-refractivity contribution in [3.05, 3.63) is 23.3 Å². The molecule has 1 aliphatic heterocycles. The van der Waals surface area contributed by atoms with Crippen molar-refractivity contribution in [2.45, 2.75) is 25.9 Å². The van der Waals surface area contributed by atoms with Crippen LogP contribution in [0.4, 0.5) is 0 Å². The Morgan fingerprint density at radius 1 is 1.32 bits per heavy atom. The minimum absolute atomic E-state index is 0.0553. The minimum atomic E-state index is -0.608. The second-order valence-electron chi connectivity index (χ2n) is 4.63. The van der Waals surface area contributed by atoms with Gasteiger partial charge in [-0.1, -0.05) is 0 Å². The van der Waals surface area contributed by atoms with Crippen LogP contribution >= 0.6 is 0 Å². The maximum absolute atomic E-state index is 12.4. The normalized spacial score (nSPS) is 17.4. The van der Waals surface area contributed by atoms with Gasteiger partial charge in [0.2, 0.25) is 0 Å². The van der Waals surface area contributed by atoms with Gasteiger partial charge in [0, 0.05) is 17.7 Å². The summed E-state index contributed by atoms with van der Waals surface area (Å²) in [5.74, 6) is 0.900. The van der Waals surface area contributed by atoms with Gasteiger partial charge in [0.05, 0.1) is 25.9 Å². The highest BCUT2D eigenvalue weighted by Gasteiger charge is 2.41. The minimum Gasteiger partial charge on any atom is -0.497 e. The summed E-state index contributed by atoms with van der Waals surface area (Å²) in [6.45, 7) is 3.77. The molecule has 0 saturated carbocycles. The maximum Gasteiger partial charge on any atom is 0.256 e. The van der Waals surface area contributed by atoms with Crippen molar-refractivity contribution in [3.63, 3.8) is 0 Å². The van der Waals surface area contributed by atoms with Crippen molar-refractivity contribution < 1.29 is 14.3 Å². The van der Waals surface area contributed by atoms with Gasteiger partial charge < -0.3 is 14.4 Å². The SMILES string of the molecule is COc1cc(OC)c2c(c1)C(=O)N(C(C)C)C2C#N. The van der Waals surface area contributed by atoms with E-state index in [9.17, 15) is 10.1 Å². The Bertz CT molecular complexity index is 561. The molecule has 0 fully saturated rings. The lowest BCUT2D eigenvalue weighted by atomic mass is 10.0. The van der Waals surface area contributed by atoms with Crippen LogP contribution in [0, 0.1) is 11.3 Å². The molecule has 0 radical (unpaired) electrons. The summed E-state index contributed by atoms with van der Waals surface area (Å²) < 4.78 is 10.5. The molecule has 0 N–H and O–H groups in total. The van der Waals surface area contributed by atoms with Crippen LogP contribution in [0.3, 0.4) is 0 Å². The molecular formula is C14H16N2O3. The van der Waals surface area contributed by atoms with Crippen molar-refractivity contribution in [2.75, 3.05) is 14.2 Å². The van der Waals surface area contributed by atoms with Gasteiger partial charge in [-0.3, -0.25) is 4.79 Å². The molecule has 0 saturated heterocycles. The lowest BCUT2D eigenvalue weighted by Gasteiger charge is -2.24. The quantitative estimate of drug-likeness (QED) is 0.835. The first-order valence-electron chi connectivity index (χ1n) is 6.03. The van der Waals surface area contributed by atoms with E-state index in [-0.39, 0.29) is 11.9 Å². The number of rotatable bonds is 3. The number of fused-ring (bicyclic) bond motifs is 1. The Kier molecular flexibility index (Phi) is 3.34. The molecule has 2 rings (SSSR count). The van der Waals surface area contributed by atoms with E-state index in [1.165, 1.54) is 14.2 Å². The lowest BCUT2D eigenvalue weighted by Crippen LogP contribution is -2.33. The molecule has 0 spiro atoms. The third kappa shape index (κ3) is 1.89. The van der Waals surface area contributed by atoms with Crippen molar-refractivity contribution in [3.8, 4) is 17.6 Å². The number of nitriles is 1. The van der Waals surface area contributed by atoms with Crippen molar-refractivity contribution >= 4 is 5.91 Å². The zero-order valence-electron chi connectivity index (χ0n) is 11.4. The van der Waals surface area contributed by atoms with Crippen LogP contribution in [-0.2, 0) is 0 Å². The monoisotopic (exact) mass is 260 g/mol. The molecular weight excluding hydrogens is 244 g/mol. The van der Waals surface area contributed by atoms with Crippen LogP contribution in [0.15, 0.2) is 12.1 Å². The molecule has 1 aromatic rings. The van der Waals surface area contributed by atoms with Crippen LogP contribution in [0.5, 0.6) is 11.5 Å². The molecule has 5 heteroatoms. The Labute approximate surface area is 112 Å². The molecule has 1 aromatic carbocycles. The number of hydrogen-bond acceptors (Lipinski definition) is 4. The van der Waals surface area contributed by atoms with E-state index in [1.54, 1.807) is 17.0 Å². The van der Waals surface area contributed by atoms with Crippen LogP contribution < -0.4 is 9.47 Å². The molecule has 1 aliphatic rings. The third-order valence-corrected chi connectivity index (χ3v) is 3.27. The van der Waals surface area contributed by atoms with Crippen molar-refractivity contribution in [2.24, 2.45) is 0 Å². The van der Waals surface area contributed by atoms with E-state index >= 15 is 0 Å². The molecule has 1 atom stereocenters. The molecule has 5 nitrogen and oxygen atoms in total. The average Bonchev–Trinajstić information content (AvgIpc) is 2.70. The molecule has 100 valence electrons. The number of nitrogens with zero attached hydrogens (tertiary/aromatic N) is 2. The van der Waals surface area contributed by atoms with Gasteiger partial charge in [-0.05, 0) is 19.9 Å². The first-order valence-corrected chi connectivity index (χ1v) is 6.03. The molecule has 0 bridgehead atoms. The smallest absolute Gasteiger partial charge is 0.256 e. The van der Waals surface area contributed by atoms with E-state index in [2.05, 4.69) is 6.07 Å². The molecule has 1 amide bonds. The zero-order valence-corrected chi connectivity index (χ0v) is 11.4. The first-order chi connectivity index (χ1) is 9.04. The summed E-state index contributed by atoms with van der Waals surface area (Å²) in [4.78, 5) is 14.0. The van der Waals surface area contributed by atoms with Gasteiger partial charge in [-0.2, -0.15) is 5.26 Å². The van der Waals surface area contributed by atoms with Crippen LogP contribution in [-0.4, -0.2) is 31.1 Å². The predicted molar refractivity (Wildman–Crippen MR) is 69.2 cm³/mol. The van der Waals surface area contributed by atoms with Crippen LogP contribution in [0.1, 0.15) is 35.8 Å². The van der Waals surface area contributed by atoms with Gasteiger partial charge >= 0.3 is 0 Å². The zero-order chi connectivity index (χ0) is 14.2. The van der Waals surface area contributed by atoms with E-state index in [0.29, 0.717) is 22.6 Å². The fraction of sp³-hybridized carbons (Fsp3) is 0.429. The lowest BCUT2D eigenvalue weighted by molar-refractivity contribution is 0.0703. The molecule has 1 heterocycles. The Balaban J connectivity index is 2.66. The third-order valence-electron chi connectivity index (χ3n) is 3.27. The molecule has 0 aliphatic carbocycles. The summed E-state index contributed by atoms with van der Waals surface area (Å²) in [6, 6.07) is 4.87. The first kappa shape index (κ1) is 13.2. The highest BCUT2D eigenvalue weighted by atomic mass is 16.5. The summed E-state index contributed by atoms with van der Waals surface area (Å²) in [5.41, 5.74) is 1.11. The van der Waals surface area contributed by atoms with E-state index in [4.69, 9.17) is 9.47 Å². The van der Waals surface area contributed by atoms with Gasteiger partial charge in [0.15, 0.2) is 0 Å². The maximum atomic E-state index is 12.4. The van der Waals surface area contributed by atoms with E-state index < -0.39 is 6.04 Å². The van der Waals surface area contributed by atoms with Gasteiger partial charge in [-0.25, -0.2) is 0 Å². The number of carbonyl (C=O) groups is 1. The van der Waals surface area contributed by atoms with Crippen molar-refractivity contribution in [1.82, 2.24) is 4.90 Å². The Hall–Kier alpha value is -2.22. The number of hydrogen-bond donors (Lipinski definition) is 0. The number of benzene rings is 1. The Morgan fingerprint density at radius 2 is 2.00 bits per heavy atom. The second kappa shape index (κ2) is 4.81. The number of methoxy groups -OCH3 is 2. The standard InChI is InChI=1S/C14H16N2O3/c1-8(2)16-11(7-15)13-10(14(16)17)5-9(18-3)6-12(13)19-4/h5-6,8,11H,1-4H3. The molecule has 0 aromatic heterocycles. The summed E-state index contributed by atoms with van der Waals surface area (Å²) in [6.07, 6.45) is 0. The second-order valence-corrected chi connectivity index (χ2v) is 4.63. The van der Waals surface area contributed by atoms with Crippen molar-refractivity contribution in [1.29, 1.82) is 5.26 Å². The Morgan fingerprint density at radius 3 is 2.47 bits per heavy atom. The van der Waals surface area contributed by atoms with E-state index in [0.717, 1.165) is 0 Å². The highest BCUT2D eigenvalue weighted by molar-refractivity contribution is 6.01. The van der Waals surface area contributed by atoms with Gasteiger partial charge in [0.1, 0.15) is 17.5 Å². The topological polar surface area (TPSA) is 62.6 Å².